The molecule has 1 atom stereocenters. The van der Waals surface area contributed by atoms with Crippen LogP contribution in [-0.4, -0.2) is 68.3 Å². The molecule has 3 aromatic heterocycles. The number of nitrogens with zero attached hydrogens (tertiary/aromatic N) is 6. The summed E-state index contributed by atoms with van der Waals surface area (Å²) in [4.78, 5) is 28.8. The first kappa shape index (κ1) is 18.8. The maximum atomic E-state index is 13.7. The van der Waals surface area contributed by atoms with Crippen LogP contribution >= 0.6 is 23.2 Å². The van der Waals surface area contributed by atoms with E-state index >= 15 is 0 Å². The Kier molecular flexibility index (Phi) is 5.25. The van der Waals surface area contributed by atoms with Gasteiger partial charge in [-0.15, -0.1) is 5.10 Å². The van der Waals surface area contributed by atoms with E-state index in [9.17, 15) is 9.18 Å². The highest BCUT2D eigenvalue weighted by Crippen LogP contribution is 2.22. The van der Waals surface area contributed by atoms with E-state index in [0.29, 0.717) is 17.7 Å². The quantitative estimate of drug-likeness (QED) is 0.585. The summed E-state index contributed by atoms with van der Waals surface area (Å²) in [5, 5.41) is 7.28. The van der Waals surface area contributed by atoms with Crippen LogP contribution in [0.25, 0.3) is 11.2 Å². The van der Waals surface area contributed by atoms with E-state index in [1.54, 1.807) is 18.3 Å². The van der Waals surface area contributed by atoms with Gasteiger partial charge in [-0.25, -0.2) is 14.4 Å². The molecule has 3 aromatic rings. The minimum atomic E-state index is -0.812. The largest absolute Gasteiger partial charge is 0.391 e. The van der Waals surface area contributed by atoms with Gasteiger partial charge in [0.1, 0.15) is 23.4 Å². The molecule has 0 spiro atoms. The fourth-order valence-electron chi connectivity index (χ4n) is 2.76. The summed E-state index contributed by atoms with van der Waals surface area (Å²) < 4.78 is 19.3. The van der Waals surface area contributed by atoms with E-state index in [1.165, 1.54) is 9.75 Å². The van der Waals surface area contributed by atoms with Crippen molar-refractivity contribution in [2.45, 2.75) is 6.10 Å². The SMILES string of the molecule is O=C(c1cc(F)c(Cl)nc1Cl)N1CCOC(COn2nnc3cccnc32)C1. The Morgan fingerprint density at radius 1 is 1.39 bits per heavy atom. The predicted octanol–water partition coefficient (Wildman–Crippen LogP) is 1.64. The van der Waals surface area contributed by atoms with Crippen LogP contribution in [0.2, 0.25) is 10.3 Å². The number of carbonyl (C=O) groups is 1. The van der Waals surface area contributed by atoms with Crippen molar-refractivity contribution >= 4 is 40.3 Å². The first-order valence-electron chi connectivity index (χ1n) is 8.25. The van der Waals surface area contributed by atoms with Crippen LogP contribution in [0, 0.1) is 5.82 Å². The molecule has 9 nitrogen and oxygen atoms in total. The lowest BCUT2D eigenvalue weighted by molar-refractivity contribution is -0.0680. The molecular weight excluding hydrogens is 414 g/mol. The highest BCUT2D eigenvalue weighted by molar-refractivity contribution is 6.34. The summed E-state index contributed by atoms with van der Waals surface area (Å²) in [6.45, 7) is 0.945. The van der Waals surface area contributed by atoms with Gasteiger partial charge in [-0.1, -0.05) is 28.0 Å². The van der Waals surface area contributed by atoms with Crippen molar-refractivity contribution in [3.8, 4) is 0 Å². The number of pyridine rings is 2. The first-order chi connectivity index (χ1) is 13.5. The van der Waals surface area contributed by atoms with Gasteiger partial charge in [-0.05, 0) is 23.4 Å². The number of morpholine rings is 1. The number of amides is 1. The summed E-state index contributed by atoms with van der Waals surface area (Å²) in [6.07, 6.45) is 1.18. The summed E-state index contributed by atoms with van der Waals surface area (Å²) >= 11 is 11.5. The van der Waals surface area contributed by atoms with Gasteiger partial charge >= 0.3 is 0 Å². The van der Waals surface area contributed by atoms with Gasteiger partial charge in [0, 0.05) is 12.7 Å². The van der Waals surface area contributed by atoms with Crippen LogP contribution in [0.5, 0.6) is 0 Å². The van der Waals surface area contributed by atoms with Crippen molar-refractivity contribution in [3.05, 3.63) is 46.1 Å². The third-order valence-electron chi connectivity index (χ3n) is 4.11. The molecule has 1 fully saturated rings. The number of ether oxygens (including phenoxy) is 1. The zero-order valence-corrected chi connectivity index (χ0v) is 15.8. The van der Waals surface area contributed by atoms with Gasteiger partial charge in [-0.3, -0.25) is 4.79 Å². The molecule has 1 aliphatic heterocycles. The smallest absolute Gasteiger partial charge is 0.257 e. The number of aromatic nitrogens is 5. The molecule has 0 N–H and O–H groups in total. The second-order valence-corrected chi connectivity index (χ2v) is 6.66. The molecule has 146 valence electrons. The van der Waals surface area contributed by atoms with E-state index in [0.717, 1.165) is 6.07 Å². The van der Waals surface area contributed by atoms with Gasteiger partial charge in [0.15, 0.2) is 11.0 Å². The third-order valence-corrected chi connectivity index (χ3v) is 4.66. The highest BCUT2D eigenvalue weighted by Gasteiger charge is 2.28. The maximum Gasteiger partial charge on any atom is 0.257 e. The number of hydrogen-bond acceptors (Lipinski definition) is 7. The fourth-order valence-corrected chi connectivity index (χ4v) is 3.16. The molecule has 0 saturated carbocycles. The van der Waals surface area contributed by atoms with Crippen molar-refractivity contribution in [1.82, 2.24) is 30.0 Å². The van der Waals surface area contributed by atoms with E-state index in [1.807, 2.05) is 0 Å². The molecule has 0 radical (unpaired) electrons. The predicted molar refractivity (Wildman–Crippen MR) is 96.6 cm³/mol. The Labute approximate surface area is 167 Å². The molecule has 1 aliphatic rings. The molecule has 12 heteroatoms. The number of halogens is 3. The second-order valence-electron chi connectivity index (χ2n) is 5.95. The van der Waals surface area contributed by atoms with Gasteiger partial charge in [0.05, 0.1) is 18.7 Å². The van der Waals surface area contributed by atoms with Crippen LogP contribution < -0.4 is 4.84 Å². The molecule has 4 heterocycles. The van der Waals surface area contributed by atoms with Crippen molar-refractivity contribution < 1.29 is 18.8 Å². The minimum Gasteiger partial charge on any atom is -0.391 e. The Morgan fingerprint density at radius 3 is 3.11 bits per heavy atom. The van der Waals surface area contributed by atoms with Crippen molar-refractivity contribution in [2.24, 2.45) is 0 Å². The molecular formula is C16H13Cl2FN6O3. The maximum absolute atomic E-state index is 13.7. The molecule has 1 amide bonds. The number of hydrogen-bond donors (Lipinski definition) is 0. The zero-order chi connectivity index (χ0) is 19.7. The lowest BCUT2D eigenvalue weighted by atomic mass is 10.2. The molecule has 0 bridgehead atoms. The second kappa shape index (κ2) is 7.82. The lowest BCUT2D eigenvalue weighted by Gasteiger charge is -2.32. The molecule has 0 aromatic carbocycles. The van der Waals surface area contributed by atoms with Crippen LogP contribution in [0.1, 0.15) is 10.4 Å². The summed E-state index contributed by atoms with van der Waals surface area (Å²) in [7, 11) is 0. The van der Waals surface area contributed by atoms with Crippen LogP contribution in [0.3, 0.4) is 0 Å². The standard InChI is InChI=1S/C16H13Cl2FN6O3/c17-13-10(6-11(19)14(18)21-13)16(26)24-4-5-27-9(7-24)8-28-25-15-12(22-23-25)2-1-3-20-15/h1-3,6,9H,4-5,7-8H2. The number of carbonyl (C=O) groups excluding carboxylic acids is 1. The van der Waals surface area contributed by atoms with Crippen molar-refractivity contribution in [3.63, 3.8) is 0 Å². The average Bonchev–Trinajstić information content (AvgIpc) is 3.12. The summed E-state index contributed by atoms with van der Waals surface area (Å²) in [5.74, 6) is -1.28. The monoisotopic (exact) mass is 426 g/mol. The average molecular weight is 427 g/mol. The van der Waals surface area contributed by atoms with Gasteiger partial charge in [-0.2, -0.15) is 0 Å². The topological polar surface area (TPSA) is 95.3 Å². The Morgan fingerprint density at radius 2 is 2.25 bits per heavy atom. The van der Waals surface area contributed by atoms with Gasteiger partial charge in [0.2, 0.25) is 5.65 Å². The van der Waals surface area contributed by atoms with E-state index < -0.39 is 17.8 Å². The molecule has 1 saturated heterocycles. The molecule has 1 unspecified atom stereocenters. The van der Waals surface area contributed by atoms with Crippen molar-refractivity contribution in [2.75, 3.05) is 26.3 Å². The molecule has 28 heavy (non-hydrogen) atoms. The molecule has 4 rings (SSSR count). The Hall–Kier alpha value is -2.56. The first-order valence-corrected chi connectivity index (χ1v) is 9.00. The minimum absolute atomic E-state index is 0.0587. The van der Waals surface area contributed by atoms with Crippen molar-refractivity contribution in [1.29, 1.82) is 0 Å². The zero-order valence-electron chi connectivity index (χ0n) is 14.3. The fraction of sp³-hybridized carbons (Fsp3) is 0.312. The summed E-state index contributed by atoms with van der Waals surface area (Å²) in [5.41, 5.74) is 1.01. The van der Waals surface area contributed by atoms with E-state index in [4.69, 9.17) is 32.8 Å². The number of fused-ring (bicyclic) bond motifs is 1. The van der Waals surface area contributed by atoms with Crippen LogP contribution in [0.15, 0.2) is 24.4 Å². The van der Waals surface area contributed by atoms with Crippen LogP contribution in [-0.2, 0) is 4.74 Å². The van der Waals surface area contributed by atoms with Gasteiger partial charge in [0.25, 0.3) is 5.91 Å². The molecule has 0 aliphatic carbocycles. The summed E-state index contributed by atoms with van der Waals surface area (Å²) in [6, 6.07) is 4.48. The Bertz CT molecular complexity index is 1030. The van der Waals surface area contributed by atoms with Crippen LogP contribution in [0.4, 0.5) is 4.39 Å². The third kappa shape index (κ3) is 3.71. The van der Waals surface area contributed by atoms with Gasteiger partial charge < -0.3 is 14.5 Å². The normalized spacial score (nSPS) is 17.1. The number of rotatable bonds is 4. The lowest BCUT2D eigenvalue weighted by Crippen LogP contribution is -2.48. The Balaban J connectivity index is 1.43. The van der Waals surface area contributed by atoms with E-state index in [2.05, 4.69) is 20.3 Å². The van der Waals surface area contributed by atoms with E-state index in [-0.39, 0.29) is 35.6 Å². The highest BCUT2D eigenvalue weighted by atomic mass is 35.5.